The predicted octanol–water partition coefficient (Wildman–Crippen LogP) is 4.32. The Morgan fingerprint density at radius 1 is 0.657 bits per heavy atom. The summed E-state index contributed by atoms with van der Waals surface area (Å²) in [5.74, 6) is -1.87. The Morgan fingerprint density at radius 2 is 1.17 bits per heavy atom. The number of nitrogens with zero attached hydrogens (tertiary/aromatic N) is 2. The molecule has 8 heteroatoms. The van der Waals surface area contributed by atoms with Crippen molar-refractivity contribution in [2.45, 2.75) is 16.7 Å². The van der Waals surface area contributed by atoms with Gasteiger partial charge in [0.2, 0.25) is 11.8 Å². The van der Waals surface area contributed by atoms with E-state index < -0.39 is 21.9 Å². The number of carbonyl (C=O) groups excluding carboxylic acids is 2. The van der Waals surface area contributed by atoms with Gasteiger partial charge in [0, 0.05) is 6.20 Å². The summed E-state index contributed by atoms with van der Waals surface area (Å²) in [6, 6.07) is 29.0. The summed E-state index contributed by atoms with van der Waals surface area (Å²) in [7, 11) is -3.89. The van der Waals surface area contributed by atoms with Gasteiger partial charge in [-0.15, -0.1) is 0 Å². The summed E-state index contributed by atoms with van der Waals surface area (Å²) in [6.07, 6.45) is 1.48. The summed E-state index contributed by atoms with van der Waals surface area (Å²) >= 11 is 0. The van der Waals surface area contributed by atoms with Crippen LogP contribution in [0.5, 0.6) is 0 Å². The van der Waals surface area contributed by atoms with E-state index in [0.717, 1.165) is 16.0 Å². The quantitative estimate of drug-likeness (QED) is 0.412. The molecule has 35 heavy (non-hydrogen) atoms. The Morgan fingerprint density at radius 3 is 1.66 bits per heavy atom. The number of anilines is 2. The molecule has 2 amide bonds. The zero-order valence-electron chi connectivity index (χ0n) is 18.5. The Kier molecular flexibility index (Phi) is 5.88. The van der Waals surface area contributed by atoms with Crippen LogP contribution in [0.4, 0.5) is 11.5 Å². The van der Waals surface area contributed by atoms with Crippen molar-refractivity contribution in [1.82, 2.24) is 4.98 Å². The number of amides is 2. The molecule has 1 aliphatic rings. The van der Waals surface area contributed by atoms with Crippen LogP contribution in [0.25, 0.3) is 0 Å². The third kappa shape index (κ3) is 4.31. The van der Waals surface area contributed by atoms with Crippen LogP contribution in [0.3, 0.4) is 0 Å². The molecule has 7 nitrogen and oxygen atoms in total. The van der Waals surface area contributed by atoms with E-state index in [1.54, 1.807) is 18.2 Å². The van der Waals surface area contributed by atoms with E-state index >= 15 is 0 Å². The third-order valence-corrected chi connectivity index (χ3v) is 7.30. The van der Waals surface area contributed by atoms with Crippen LogP contribution in [0, 0.1) is 0 Å². The number of nitrogens with one attached hydrogen (secondary N) is 1. The molecule has 2 heterocycles. The van der Waals surface area contributed by atoms with E-state index in [1.165, 1.54) is 30.5 Å². The lowest BCUT2D eigenvalue weighted by atomic mass is 9.83. The normalized spacial score (nSPS) is 18.0. The van der Waals surface area contributed by atoms with Gasteiger partial charge in [-0.25, -0.2) is 18.3 Å². The van der Waals surface area contributed by atoms with Crippen LogP contribution in [0.2, 0.25) is 0 Å². The highest BCUT2D eigenvalue weighted by Gasteiger charge is 2.49. The molecular formula is C27H21N3O4S. The number of hydrogen-bond acceptors (Lipinski definition) is 5. The number of carbonyl (C=O) groups is 2. The first-order valence-electron chi connectivity index (χ1n) is 11.0. The molecule has 0 aliphatic carbocycles. The lowest BCUT2D eigenvalue weighted by Gasteiger charge is -2.16. The minimum atomic E-state index is -3.89. The Bertz CT molecular complexity index is 1400. The van der Waals surface area contributed by atoms with E-state index in [4.69, 9.17) is 0 Å². The molecule has 2 atom stereocenters. The van der Waals surface area contributed by atoms with Crippen LogP contribution in [0.1, 0.15) is 23.0 Å². The van der Waals surface area contributed by atoms with Crippen LogP contribution >= 0.6 is 0 Å². The van der Waals surface area contributed by atoms with Gasteiger partial charge < -0.3 is 0 Å². The van der Waals surface area contributed by atoms with E-state index in [2.05, 4.69) is 9.71 Å². The van der Waals surface area contributed by atoms with E-state index in [-0.39, 0.29) is 22.5 Å². The maximum absolute atomic E-state index is 13.6. The topological polar surface area (TPSA) is 96.4 Å². The second kappa shape index (κ2) is 9.15. The van der Waals surface area contributed by atoms with Gasteiger partial charge in [-0.1, -0.05) is 66.7 Å². The minimum absolute atomic E-state index is 0.00906. The molecule has 174 valence electrons. The molecule has 1 N–H and O–H groups in total. The number of rotatable bonds is 6. The molecule has 3 aromatic carbocycles. The second-order valence-electron chi connectivity index (χ2n) is 8.10. The summed E-state index contributed by atoms with van der Waals surface area (Å²) < 4.78 is 27.9. The van der Waals surface area contributed by atoms with Gasteiger partial charge in [0.25, 0.3) is 10.0 Å². The van der Waals surface area contributed by atoms with E-state index in [1.807, 2.05) is 60.7 Å². The summed E-state index contributed by atoms with van der Waals surface area (Å²) in [5.41, 5.74) is 1.82. The highest BCUT2D eigenvalue weighted by Crippen LogP contribution is 2.43. The first-order valence-corrected chi connectivity index (χ1v) is 12.5. The highest BCUT2D eigenvalue weighted by atomic mass is 32.2. The number of imide groups is 1. The summed E-state index contributed by atoms with van der Waals surface area (Å²) in [6.45, 7) is 0. The first kappa shape index (κ1) is 22.5. The lowest BCUT2D eigenvalue weighted by Crippen LogP contribution is -2.30. The fourth-order valence-electron chi connectivity index (χ4n) is 4.31. The minimum Gasteiger partial charge on any atom is -0.273 e. The Hall–Kier alpha value is -4.30. The van der Waals surface area contributed by atoms with Crippen molar-refractivity contribution >= 4 is 33.3 Å². The molecule has 0 saturated carbocycles. The van der Waals surface area contributed by atoms with Crippen molar-refractivity contribution in [1.29, 1.82) is 0 Å². The molecule has 0 spiro atoms. The monoisotopic (exact) mass is 483 g/mol. The largest absolute Gasteiger partial charge is 0.273 e. The number of aromatic nitrogens is 1. The fourth-order valence-corrected chi connectivity index (χ4v) is 5.32. The number of hydrogen-bond donors (Lipinski definition) is 1. The molecule has 1 aliphatic heterocycles. The van der Waals surface area contributed by atoms with Crippen LogP contribution in [0.15, 0.2) is 114 Å². The van der Waals surface area contributed by atoms with Crippen molar-refractivity contribution in [3.05, 3.63) is 120 Å². The highest BCUT2D eigenvalue weighted by molar-refractivity contribution is 7.92. The molecule has 2 unspecified atom stereocenters. The smallest absolute Gasteiger partial charge is 0.263 e. The zero-order chi connectivity index (χ0) is 24.4. The summed E-state index contributed by atoms with van der Waals surface area (Å²) in [4.78, 5) is 32.3. The zero-order valence-corrected chi connectivity index (χ0v) is 19.3. The first-order chi connectivity index (χ1) is 17.0. The van der Waals surface area contributed by atoms with Gasteiger partial charge in [0.05, 0.1) is 22.4 Å². The van der Waals surface area contributed by atoms with Crippen molar-refractivity contribution < 1.29 is 18.0 Å². The van der Waals surface area contributed by atoms with Crippen LogP contribution in [-0.4, -0.2) is 25.2 Å². The van der Waals surface area contributed by atoms with Gasteiger partial charge >= 0.3 is 0 Å². The van der Waals surface area contributed by atoms with Crippen LogP contribution < -0.4 is 9.62 Å². The maximum atomic E-state index is 13.6. The molecule has 1 saturated heterocycles. The average molecular weight is 484 g/mol. The van der Waals surface area contributed by atoms with E-state index in [9.17, 15) is 18.0 Å². The molecular weight excluding hydrogens is 462 g/mol. The standard InChI is InChI=1S/C27H21N3O4S/c31-26-24(19-9-3-1-4-10-19)25(20-11-5-2-6-12-20)27(32)30(26)21-14-16-22(17-15-21)35(33,34)29-23-13-7-8-18-28-23/h1-18,24-25H,(H,28,29). The third-order valence-electron chi connectivity index (χ3n) is 5.93. The van der Waals surface area contributed by atoms with Gasteiger partial charge in [-0.05, 0) is 47.5 Å². The lowest BCUT2D eigenvalue weighted by molar-refractivity contribution is -0.121. The Labute approximate surface area is 203 Å². The number of benzene rings is 3. The van der Waals surface area contributed by atoms with Crippen molar-refractivity contribution in [2.24, 2.45) is 0 Å². The van der Waals surface area contributed by atoms with Gasteiger partial charge in [0.1, 0.15) is 5.82 Å². The van der Waals surface area contributed by atoms with Crippen LogP contribution in [-0.2, 0) is 19.6 Å². The predicted molar refractivity (Wildman–Crippen MR) is 132 cm³/mol. The molecule has 4 aromatic rings. The molecule has 0 bridgehead atoms. The number of sulfonamides is 1. The SMILES string of the molecule is O=C1C(c2ccccc2)C(c2ccccc2)C(=O)N1c1ccc(S(=O)(=O)Nc2ccccn2)cc1. The van der Waals surface area contributed by atoms with Crippen molar-refractivity contribution in [2.75, 3.05) is 9.62 Å². The summed E-state index contributed by atoms with van der Waals surface area (Å²) in [5, 5.41) is 0. The molecule has 1 aromatic heterocycles. The van der Waals surface area contributed by atoms with Crippen molar-refractivity contribution in [3.8, 4) is 0 Å². The van der Waals surface area contributed by atoms with Gasteiger partial charge in [-0.2, -0.15) is 0 Å². The van der Waals surface area contributed by atoms with E-state index in [0.29, 0.717) is 5.69 Å². The second-order valence-corrected chi connectivity index (χ2v) is 9.79. The average Bonchev–Trinajstić information content (AvgIpc) is 3.15. The van der Waals surface area contributed by atoms with Crippen molar-refractivity contribution in [3.63, 3.8) is 0 Å². The Balaban J connectivity index is 1.49. The maximum Gasteiger partial charge on any atom is 0.263 e. The fraction of sp³-hybridized carbons (Fsp3) is 0.0741. The molecule has 5 rings (SSSR count). The molecule has 1 fully saturated rings. The van der Waals surface area contributed by atoms with Gasteiger partial charge in [-0.3, -0.25) is 14.3 Å². The van der Waals surface area contributed by atoms with Gasteiger partial charge in [0.15, 0.2) is 0 Å². The number of pyridine rings is 1. The molecule has 0 radical (unpaired) electrons.